The van der Waals surface area contributed by atoms with E-state index in [4.69, 9.17) is 0 Å². The van der Waals surface area contributed by atoms with E-state index in [2.05, 4.69) is 5.32 Å². The smallest absolute Gasteiger partial charge is 0.352 e. The van der Waals surface area contributed by atoms with Crippen LogP contribution in [0.3, 0.4) is 0 Å². The Balaban J connectivity index is 2.08. The van der Waals surface area contributed by atoms with E-state index in [9.17, 15) is 35.6 Å². The quantitative estimate of drug-likeness (QED) is 0.303. The first kappa shape index (κ1) is 31.6. The molecule has 0 aromatic heterocycles. The molecule has 0 spiro atoms. The van der Waals surface area contributed by atoms with Crippen molar-refractivity contribution in [3.05, 3.63) is 95.8 Å². The molecule has 220 valence electrons. The molecule has 0 aliphatic rings. The average Bonchev–Trinajstić information content (AvgIpc) is 2.94. The van der Waals surface area contributed by atoms with Crippen LogP contribution < -0.4 is 9.62 Å². The molecular weight excluding hydrogens is 562 g/mol. The minimum absolute atomic E-state index is 0.0700. The van der Waals surface area contributed by atoms with Gasteiger partial charge in [0.15, 0.2) is 0 Å². The number of amides is 2. The number of rotatable bonds is 11. The number of alkyl halides is 3. The van der Waals surface area contributed by atoms with Gasteiger partial charge in [-0.3, -0.25) is 13.9 Å². The molecule has 0 bridgehead atoms. The number of hydrogen-bond donors (Lipinski definition) is 1. The fourth-order valence-electron chi connectivity index (χ4n) is 3.94. The van der Waals surface area contributed by atoms with Crippen LogP contribution >= 0.6 is 0 Å². The van der Waals surface area contributed by atoms with Crippen molar-refractivity contribution < 1.29 is 35.6 Å². The highest BCUT2D eigenvalue weighted by Crippen LogP contribution is 2.33. The number of nitrogens with zero attached hydrogens (tertiary/aromatic N) is 2. The van der Waals surface area contributed by atoms with Crippen LogP contribution in [0.25, 0.3) is 0 Å². The highest BCUT2D eigenvalue weighted by molar-refractivity contribution is 7.92. The molecule has 0 aliphatic carbocycles. The maximum absolute atomic E-state index is 14.6. The van der Waals surface area contributed by atoms with Crippen molar-refractivity contribution >= 4 is 27.5 Å². The lowest BCUT2D eigenvalue weighted by Gasteiger charge is -2.32. The molecule has 2 amide bonds. The molecule has 0 radical (unpaired) electrons. The van der Waals surface area contributed by atoms with Gasteiger partial charge in [-0.05, 0) is 56.7 Å². The largest absolute Gasteiger partial charge is 0.416 e. The minimum Gasteiger partial charge on any atom is -0.352 e. The maximum atomic E-state index is 14.6. The van der Waals surface area contributed by atoms with Crippen molar-refractivity contribution in [1.82, 2.24) is 10.2 Å². The summed E-state index contributed by atoms with van der Waals surface area (Å²) >= 11 is 0. The third kappa shape index (κ3) is 7.84. The zero-order valence-electron chi connectivity index (χ0n) is 22.7. The van der Waals surface area contributed by atoms with Crippen LogP contribution in [-0.2, 0) is 32.3 Å². The van der Waals surface area contributed by atoms with Gasteiger partial charge in [0.25, 0.3) is 10.0 Å². The molecule has 0 saturated carbocycles. The molecule has 2 atom stereocenters. The third-order valence-corrected chi connectivity index (χ3v) is 8.33. The number of carbonyl (C=O) groups is 2. The molecule has 1 N–H and O–H groups in total. The maximum Gasteiger partial charge on any atom is 0.416 e. The first-order valence-corrected chi connectivity index (χ1v) is 14.3. The van der Waals surface area contributed by atoms with Crippen LogP contribution in [-0.4, -0.2) is 43.8 Å². The van der Waals surface area contributed by atoms with E-state index < -0.39 is 57.7 Å². The summed E-state index contributed by atoms with van der Waals surface area (Å²) in [5.41, 5.74) is -1.44. The Hall–Kier alpha value is -3.93. The Morgan fingerprint density at radius 2 is 1.56 bits per heavy atom. The highest BCUT2D eigenvalue weighted by atomic mass is 32.2. The summed E-state index contributed by atoms with van der Waals surface area (Å²) in [6.07, 6.45) is -4.18. The minimum atomic E-state index is -4.78. The summed E-state index contributed by atoms with van der Waals surface area (Å²) in [4.78, 5) is 27.6. The molecule has 3 aromatic carbocycles. The number of benzene rings is 3. The molecule has 3 aromatic rings. The third-order valence-electron chi connectivity index (χ3n) is 6.54. The average molecular weight is 594 g/mol. The van der Waals surface area contributed by atoms with E-state index in [1.165, 1.54) is 49.4 Å². The van der Waals surface area contributed by atoms with Gasteiger partial charge in [0.1, 0.15) is 18.4 Å². The van der Waals surface area contributed by atoms with E-state index in [1.54, 1.807) is 19.1 Å². The fourth-order valence-corrected chi connectivity index (χ4v) is 5.37. The normalized spacial score (nSPS) is 13.2. The molecule has 0 saturated heterocycles. The van der Waals surface area contributed by atoms with Gasteiger partial charge in [-0.15, -0.1) is 0 Å². The van der Waals surface area contributed by atoms with Crippen molar-refractivity contribution in [3.63, 3.8) is 0 Å². The second kappa shape index (κ2) is 13.2. The number of halogens is 4. The lowest BCUT2D eigenvalue weighted by molar-refractivity contribution is -0.139. The number of nitrogens with one attached hydrogen (secondary N) is 1. The van der Waals surface area contributed by atoms with Crippen molar-refractivity contribution in [2.45, 2.75) is 56.9 Å². The summed E-state index contributed by atoms with van der Waals surface area (Å²) in [5.74, 6) is -2.12. The first-order valence-electron chi connectivity index (χ1n) is 12.8. The Kier molecular flexibility index (Phi) is 10.1. The van der Waals surface area contributed by atoms with Crippen molar-refractivity contribution in [2.75, 3.05) is 10.8 Å². The van der Waals surface area contributed by atoms with Crippen LogP contribution in [0.15, 0.2) is 83.8 Å². The Bertz CT molecular complexity index is 1470. The zero-order valence-corrected chi connectivity index (χ0v) is 23.5. The molecule has 0 fully saturated rings. The van der Waals surface area contributed by atoms with Gasteiger partial charge in [-0.25, -0.2) is 12.8 Å². The number of anilines is 1. The summed E-state index contributed by atoms with van der Waals surface area (Å²) in [7, 11) is -4.55. The Morgan fingerprint density at radius 3 is 2.17 bits per heavy atom. The summed E-state index contributed by atoms with van der Waals surface area (Å²) in [6, 6.07) is 14.7. The molecule has 41 heavy (non-hydrogen) atoms. The van der Waals surface area contributed by atoms with E-state index in [0.29, 0.717) is 16.8 Å². The van der Waals surface area contributed by atoms with E-state index in [1.807, 2.05) is 6.92 Å². The van der Waals surface area contributed by atoms with Gasteiger partial charge < -0.3 is 10.2 Å². The molecule has 3 rings (SSSR count). The van der Waals surface area contributed by atoms with Crippen molar-refractivity contribution in [1.29, 1.82) is 0 Å². The Labute approximate surface area is 236 Å². The molecular formula is C29H31F4N3O4S. The summed E-state index contributed by atoms with van der Waals surface area (Å²) < 4.78 is 83.1. The standard InChI is InChI=1S/C29H31F4N3O4S/c1-4-20(2)34-28(38)21(3)35(18-22-11-8-9-16-26(22)30)27(37)19-36(41(39,40)25-14-6-5-7-15-25)24-13-10-12-23(17-24)29(31,32)33/h5-17,20-21H,4,18-19H2,1-3H3,(H,34,38)/t20-,21+/m0/s1. The second-order valence-corrected chi connectivity index (χ2v) is 11.3. The van der Waals surface area contributed by atoms with Crippen LogP contribution in [0.5, 0.6) is 0 Å². The highest BCUT2D eigenvalue weighted by Gasteiger charge is 2.35. The summed E-state index contributed by atoms with van der Waals surface area (Å²) in [5, 5.41) is 2.75. The molecule has 0 heterocycles. The number of carbonyl (C=O) groups excluding carboxylic acids is 2. The molecule has 0 unspecified atom stereocenters. The first-order chi connectivity index (χ1) is 19.3. The van der Waals surface area contributed by atoms with Crippen LogP contribution in [0.1, 0.15) is 38.3 Å². The van der Waals surface area contributed by atoms with E-state index in [-0.39, 0.29) is 23.0 Å². The van der Waals surface area contributed by atoms with Crippen LogP contribution in [0, 0.1) is 5.82 Å². The lowest BCUT2D eigenvalue weighted by atomic mass is 10.1. The van der Waals surface area contributed by atoms with Crippen LogP contribution in [0.4, 0.5) is 23.2 Å². The molecule has 12 heteroatoms. The fraction of sp³-hybridized carbons (Fsp3) is 0.310. The summed E-state index contributed by atoms with van der Waals surface area (Å²) in [6.45, 7) is 3.68. The van der Waals surface area contributed by atoms with E-state index >= 15 is 0 Å². The van der Waals surface area contributed by atoms with Crippen LogP contribution in [0.2, 0.25) is 0 Å². The SMILES string of the molecule is CC[C@H](C)NC(=O)[C@@H](C)N(Cc1ccccc1F)C(=O)CN(c1cccc(C(F)(F)F)c1)S(=O)(=O)c1ccccc1. The van der Waals surface area contributed by atoms with Crippen molar-refractivity contribution in [2.24, 2.45) is 0 Å². The van der Waals surface area contributed by atoms with Gasteiger partial charge in [-0.2, -0.15) is 13.2 Å². The predicted molar refractivity (Wildman–Crippen MR) is 147 cm³/mol. The van der Waals surface area contributed by atoms with Gasteiger partial charge >= 0.3 is 6.18 Å². The number of hydrogen-bond acceptors (Lipinski definition) is 4. The second-order valence-electron chi connectivity index (χ2n) is 9.48. The van der Waals surface area contributed by atoms with Gasteiger partial charge in [-0.1, -0.05) is 49.4 Å². The molecule has 0 aliphatic heterocycles. The topological polar surface area (TPSA) is 86.8 Å². The zero-order chi connectivity index (χ0) is 30.4. The van der Waals surface area contributed by atoms with Gasteiger partial charge in [0.05, 0.1) is 16.1 Å². The van der Waals surface area contributed by atoms with Crippen molar-refractivity contribution in [3.8, 4) is 0 Å². The van der Waals surface area contributed by atoms with Gasteiger partial charge in [0, 0.05) is 18.2 Å². The lowest BCUT2D eigenvalue weighted by Crippen LogP contribution is -2.52. The van der Waals surface area contributed by atoms with Gasteiger partial charge in [0.2, 0.25) is 11.8 Å². The number of sulfonamides is 1. The monoisotopic (exact) mass is 593 g/mol. The van der Waals surface area contributed by atoms with E-state index in [0.717, 1.165) is 23.1 Å². The predicted octanol–water partition coefficient (Wildman–Crippen LogP) is 5.37. The Morgan fingerprint density at radius 1 is 0.927 bits per heavy atom. The molecule has 7 nitrogen and oxygen atoms in total.